The molecule has 214 valence electrons. The summed E-state index contributed by atoms with van der Waals surface area (Å²) >= 11 is 17.5. The summed E-state index contributed by atoms with van der Waals surface area (Å²) in [6, 6.07) is 8.47. The smallest absolute Gasteiger partial charge is 0.338 e. The number of hydrogen-bond donors (Lipinski definition) is 1. The maximum atomic E-state index is 13.4. The van der Waals surface area contributed by atoms with E-state index in [0.717, 1.165) is 29.7 Å². The molecule has 1 unspecified atom stereocenters. The number of rotatable bonds is 11. The zero-order valence-electron chi connectivity index (χ0n) is 22.9. The quantitative estimate of drug-likeness (QED) is 0.125. The van der Waals surface area contributed by atoms with Crippen LogP contribution in [0.2, 0.25) is 10.0 Å². The molecule has 1 aromatic heterocycles. The summed E-state index contributed by atoms with van der Waals surface area (Å²) < 4.78 is 19.9. The van der Waals surface area contributed by atoms with E-state index in [1.54, 1.807) is 35.7 Å². The fourth-order valence-corrected chi connectivity index (χ4v) is 5.98. The summed E-state index contributed by atoms with van der Waals surface area (Å²) in [6.45, 7) is 7.87. The highest BCUT2D eigenvalue weighted by Crippen LogP contribution is 2.43. The van der Waals surface area contributed by atoms with Gasteiger partial charge in [-0.3, -0.25) is 0 Å². The molecular formula is C28H31BrCl2N4O4S. The lowest BCUT2D eigenvalue weighted by Crippen LogP contribution is -2.30. The molecule has 0 radical (unpaired) electrons. The normalized spacial score (nSPS) is 14.7. The summed E-state index contributed by atoms with van der Waals surface area (Å²) in [6.07, 6.45) is 1.85. The number of ether oxygens (including phenoxy) is 3. The number of allylic oxidation sites excluding steroid dienone is 1. The Balaban J connectivity index is 1.74. The number of carbonyl (C=O) groups excluding carboxylic acids is 1. The van der Waals surface area contributed by atoms with E-state index in [1.807, 2.05) is 39.0 Å². The number of methoxy groups -OCH3 is 1. The van der Waals surface area contributed by atoms with Gasteiger partial charge in [-0.2, -0.15) is 4.98 Å². The van der Waals surface area contributed by atoms with Crippen molar-refractivity contribution in [2.75, 3.05) is 18.2 Å². The van der Waals surface area contributed by atoms with E-state index in [-0.39, 0.29) is 12.7 Å². The number of fused-ring (bicyclic) bond motifs is 1. The van der Waals surface area contributed by atoms with Crippen LogP contribution in [0.25, 0.3) is 0 Å². The molecule has 0 amide bonds. The van der Waals surface area contributed by atoms with Crippen LogP contribution in [0.1, 0.15) is 57.7 Å². The van der Waals surface area contributed by atoms with Crippen molar-refractivity contribution in [2.45, 2.75) is 64.4 Å². The largest absolute Gasteiger partial charge is 0.493 e. The SMILES string of the molecule is CCCCSc1nc2n(n1)C(c1cc(Br)c(OCc3ccc(Cl)c(Cl)c3)c(OC)c1)C(C(=O)OC(C)C)=C(C)N2. The Kier molecular flexibility index (Phi) is 10.3. The maximum absolute atomic E-state index is 13.4. The average Bonchev–Trinajstić information content (AvgIpc) is 3.30. The molecule has 1 N–H and O–H groups in total. The molecule has 12 heteroatoms. The van der Waals surface area contributed by atoms with E-state index in [0.29, 0.717) is 48.4 Å². The molecule has 3 aromatic rings. The molecule has 8 nitrogen and oxygen atoms in total. The number of hydrogen-bond acceptors (Lipinski definition) is 8. The van der Waals surface area contributed by atoms with Crippen LogP contribution in [0.4, 0.5) is 5.95 Å². The third kappa shape index (κ3) is 6.90. The molecule has 40 heavy (non-hydrogen) atoms. The van der Waals surface area contributed by atoms with Gasteiger partial charge in [-0.05, 0) is 78.5 Å². The molecule has 1 atom stereocenters. The average molecular weight is 670 g/mol. The van der Waals surface area contributed by atoms with Crippen LogP contribution in [-0.2, 0) is 16.1 Å². The van der Waals surface area contributed by atoms with Crippen LogP contribution < -0.4 is 14.8 Å². The third-order valence-corrected chi connectivity index (χ3v) is 8.31. The van der Waals surface area contributed by atoms with Gasteiger partial charge >= 0.3 is 5.97 Å². The monoisotopic (exact) mass is 668 g/mol. The minimum atomic E-state index is -0.607. The van der Waals surface area contributed by atoms with Crippen molar-refractivity contribution in [1.29, 1.82) is 0 Å². The number of thioether (sulfide) groups is 1. The van der Waals surface area contributed by atoms with Crippen LogP contribution in [0.3, 0.4) is 0 Å². The standard InChI is InChI=1S/C28H31BrCl2N4O4S/c1-6-7-10-40-28-33-27-32-16(4)23(26(36)39-15(2)3)24(35(27)34-28)18-12-19(29)25(22(13-18)37-5)38-14-17-8-9-20(30)21(31)11-17/h8-9,11-13,15,24H,6-7,10,14H2,1-5H3,(H,32,33,34). The first-order chi connectivity index (χ1) is 19.1. The zero-order valence-corrected chi connectivity index (χ0v) is 26.8. The summed E-state index contributed by atoms with van der Waals surface area (Å²) in [4.78, 5) is 18.1. The number of carbonyl (C=O) groups is 1. The highest BCUT2D eigenvalue weighted by atomic mass is 79.9. The molecule has 1 aliphatic rings. The number of esters is 1. The highest BCUT2D eigenvalue weighted by molar-refractivity contribution is 9.10. The van der Waals surface area contributed by atoms with Crippen molar-refractivity contribution in [3.05, 3.63) is 67.2 Å². The number of benzene rings is 2. The molecule has 2 aromatic carbocycles. The predicted octanol–water partition coefficient (Wildman–Crippen LogP) is 8.07. The second kappa shape index (κ2) is 13.5. The number of aromatic nitrogens is 3. The number of unbranched alkanes of at least 4 members (excludes halogenated alkanes) is 1. The van der Waals surface area contributed by atoms with E-state index in [2.05, 4.69) is 28.2 Å². The molecule has 0 saturated carbocycles. The van der Waals surface area contributed by atoms with E-state index in [4.69, 9.17) is 47.5 Å². The topological polar surface area (TPSA) is 87.5 Å². The van der Waals surface area contributed by atoms with Gasteiger partial charge in [0.25, 0.3) is 0 Å². The van der Waals surface area contributed by atoms with Crippen molar-refractivity contribution in [3.8, 4) is 11.5 Å². The first-order valence-corrected chi connectivity index (χ1v) is 15.4. The summed E-state index contributed by atoms with van der Waals surface area (Å²) in [5.41, 5.74) is 2.69. The van der Waals surface area contributed by atoms with Crippen LogP contribution >= 0.6 is 50.9 Å². The number of nitrogens with zero attached hydrogens (tertiary/aromatic N) is 3. The van der Waals surface area contributed by atoms with E-state index < -0.39 is 12.0 Å². The number of anilines is 1. The molecule has 1 aliphatic heterocycles. The molecule has 0 aliphatic carbocycles. The Morgan fingerprint density at radius 3 is 2.67 bits per heavy atom. The number of nitrogens with one attached hydrogen (secondary N) is 1. The van der Waals surface area contributed by atoms with Crippen LogP contribution in [0.5, 0.6) is 11.5 Å². The van der Waals surface area contributed by atoms with Gasteiger partial charge in [0.05, 0.1) is 33.3 Å². The Morgan fingerprint density at radius 1 is 1.23 bits per heavy atom. The van der Waals surface area contributed by atoms with E-state index in [1.165, 1.54) is 0 Å². The highest BCUT2D eigenvalue weighted by Gasteiger charge is 2.36. The minimum Gasteiger partial charge on any atom is -0.493 e. The lowest BCUT2D eigenvalue weighted by atomic mass is 9.95. The maximum Gasteiger partial charge on any atom is 0.338 e. The minimum absolute atomic E-state index is 0.245. The Hall–Kier alpha value is -2.40. The van der Waals surface area contributed by atoms with Crippen molar-refractivity contribution in [3.63, 3.8) is 0 Å². The van der Waals surface area contributed by atoms with Gasteiger partial charge in [-0.1, -0.05) is 54.4 Å². The second-order valence-corrected chi connectivity index (χ2v) is 12.2. The summed E-state index contributed by atoms with van der Waals surface area (Å²) in [5.74, 6) is 2.02. The Labute approximate surface area is 256 Å². The van der Waals surface area contributed by atoms with E-state index >= 15 is 0 Å². The van der Waals surface area contributed by atoms with Gasteiger partial charge in [0.1, 0.15) is 12.6 Å². The first kappa shape index (κ1) is 30.6. The van der Waals surface area contributed by atoms with Gasteiger partial charge in [0.15, 0.2) is 11.5 Å². The fourth-order valence-electron chi connectivity index (χ4n) is 4.17. The third-order valence-electron chi connectivity index (χ3n) is 6.06. The van der Waals surface area contributed by atoms with Crippen LogP contribution in [0.15, 0.2) is 51.2 Å². The van der Waals surface area contributed by atoms with Crippen molar-refractivity contribution < 1.29 is 19.0 Å². The molecule has 0 saturated heterocycles. The number of halogens is 3. The van der Waals surface area contributed by atoms with Crippen molar-refractivity contribution in [1.82, 2.24) is 14.8 Å². The Morgan fingerprint density at radius 2 is 2.00 bits per heavy atom. The Bertz CT molecular complexity index is 1430. The van der Waals surface area contributed by atoms with Crippen molar-refractivity contribution in [2.24, 2.45) is 0 Å². The van der Waals surface area contributed by atoms with Crippen LogP contribution in [0, 0.1) is 0 Å². The second-order valence-electron chi connectivity index (χ2n) is 9.46. The van der Waals surface area contributed by atoms with Gasteiger partial charge in [0.2, 0.25) is 11.1 Å². The zero-order chi connectivity index (χ0) is 29.0. The van der Waals surface area contributed by atoms with E-state index in [9.17, 15) is 4.79 Å². The molecule has 4 rings (SSSR count). The van der Waals surface area contributed by atoms with Crippen molar-refractivity contribution >= 4 is 62.8 Å². The lowest BCUT2D eigenvalue weighted by molar-refractivity contribution is -0.143. The summed E-state index contributed by atoms with van der Waals surface area (Å²) in [5, 5.41) is 9.59. The molecule has 0 bridgehead atoms. The van der Waals surface area contributed by atoms with Gasteiger partial charge in [-0.25, -0.2) is 9.48 Å². The van der Waals surface area contributed by atoms with Crippen LogP contribution in [-0.4, -0.2) is 39.7 Å². The molecular weight excluding hydrogens is 639 g/mol. The predicted molar refractivity (Wildman–Crippen MR) is 163 cm³/mol. The molecule has 2 heterocycles. The van der Waals surface area contributed by atoms with Gasteiger partial charge in [0, 0.05) is 11.4 Å². The first-order valence-electron chi connectivity index (χ1n) is 12.8. The summed E-state index contributed by atoms with van der Waals surface area (Å²) in [7, 11) is 1.57. The lowest BCUT2D eigenvalue weighted by Gasteiger charge is -2.29. The van der Waals surface area contributed by atoms with Gasteiger partial charge < -0.3 is 19.5 Å². The molecule has 0 fully saturated rings. The molecule has 0 spiro atoms. The van der Waals surface area contributed by atoms with Gasteiger partial charge in [-0.15, -0.1) is 5.10 Å². The fraction of sp³-hybridized carbons (Fsp3) is 0.393.